The van der Waals surface area contributed by atoms with Crippen molar-refractivity contribution in [3.63, 3.8) is 0 Å². The molecule has 0 aromatic rings. The predicted molar refractivity (Wildman–Crippen MR) is 333 cm³/mol. The molecule has 34 nitrogen and oxygen atoms in total. The van der Waals surface area contributed by atoms with Crippen LogP contribution in [-0.4, -0.2) is 360 Å². The number of allylic oxidation sites excluding steroid dienone is 1. The van der Waals surface area contributed by atoms with E-state index in [0.717, 1.165) is 18.4 Å². The molecule has 37 unspecified atom stereocenters. The second kappa shape index (κ2) is 31.5. The number of rotatable bonds is 23. The zero-order chi connectivity index (χ0) is 73.5. The Hall–Kier alpha value is -1.62. The lowest BCUT2D eigenvalue weighted by Gasteiger charge is -2.67. The third-order valence-electron chi connectivity index (χ3n) is 25.0. The maximum absolute atomic E-state index is 13.0. The van der Waals surface area contributed by atoms with Gasteiger partial charge in [0.05, 0.1) is 63.6 Å². The number of fused-ring (bicyclic) bond motifs is 5. The maximum atomic E-state index is 13.0. The van der Waals surface area contributed by atoms with Gasteiger partial charge in [-0.1, -0.05) is 53.2 Å². The second-order valence-electron chi connectivity index (χ2n) is 31.5. The molecule has 3 saturated carbocycles. The summed E-state index contributed by atoms with van der Waals surface area (Å²) in [6.07, 6.45) is -48.7. The van der Waals surface area contributed by atoms with Crippen LogP contribution in [0.3, 0.4) is 0 Å². The van der Waals surface area contributed by atoms with Crippen LogP contribution in [-0.2, 0) is 56.8 Å². The van der Waals surface area contributed by atoms with Gasteiger partial charge in [0.25, 0.3) is 0 Å². The number of aliphatic hydroxyl groups is 22. The molecular weight excluding hydrogens is 1340 g/mol. The van der Waals surface area contributed by atoms with E-state index in [4.69, 9.17) is 56.8 Å². The van der Waals surface area contributed by atoms with Crippen molar-refractivity contribution >= 4 is 0 Å². The van der Waals surface area contributed by atoms with E-state index in [1.807, 2.05) is 13.8 Å². The Labute approximate surface area is 579 Å². The van der Waals surface area contributed by atoms with Crippen molar-refractivity contribution in [3.8, 4) is 0 Å². The van der Waals surface area contributed by atoms with E-state index < -0.39 is 264 Å². The van der Waals surface area contributed by atoms with Gasteiger partial charge in [0.15, 0.2) is 37.7 Å². The Morgan fingerprint density at radius 3 is 1.30 bits per heavy atom. The molecule has 0 spiro atoms. The third-order valence-corrected chi connectivity index (χ3v) is 25.0. The number of ether oxygens (including phenoxy) is 12. The van der Waals surface area contributed by atoms with Gasteiger partial charge in [-0.15, -0.1) is 0 Å². The molecule has 0 aromatic heterocycles. The molecule has 0 radical (unpaired) electrons. The average molecular weight is 1450 g/mol. The molecule has 22 N–H and O–H groups in total. The molecular formula is C66H112O34. The molecule has 34 heteroatoms. The van der Waals surface area contributed by atoms with Crippen molar-refractivity contribution < 1.29 is 169 Å². The van der Waals surface area contributed by atoms with Crippen molar-refractivity contribution in [1.82, 2.24) is 0 Å². The van der Waals surface area contributed by atoms with Gasteiger partial charge >= 0.3 is 0 Å². The number of aliphatic hydroxyl groups excluding tert-OH is 21. The molecule has 0 bridgehead atoms. The zero-order valence-corrected chi connectivity index (χ0v) is 57.6. The molecule has 100 heavy (non-hydrogen) atoms. The van der Waals surface area contributed by atoms with Gasteiger partial charge in [0.2, 0.25) is 0 Å². The van der Waals surface area contributed by atoms with E-state index in [1.54, 1.807) is 0 Å². The minimum atomic E-state index is -1.99. The lowest BCUT2D eigenvalue weighted by molar-refractivity contribution is -0.380. The van der Waals surface area contributed by atoms with Crippen molar-refractivity contribution in [1.29, 1.82) is 0 Å². The normalized spacial score (nSPS) is 52.1. The first-order valence-corrected chi connectivity index (χ1v) is 35.1. The molecule has 6 heterocycles. The average Bonchev–Trinajstić information content (AvgIpc) is 1.33. The fourth-order valence-electron chi connectivity index (χ4n) is 18.5. The quantitative estimate of drug-likeness (QED) is 0.0423. The van der Waals surface area contributed by atoms with Gasteiger partial charge < -0.3 is 169 Å². The van der Waals surface area contributed by atoms with Gasteiger partial charge in [-0.25, -0.2) is 0 Å². The first kappa shape index (κ1) is 80.9. The summed E-state index contributed by atoms with van der Waals surface area (Å²) in [5, 5.41) is 239. The first-order chi connectivity index (χ1) is 46.9. The standard InChI is InChI=1S/C66H112O34/c1-24(9-13-37(63(4,5)88)98-61-55(100-59-53(87)47(81)41(75)31(21-70)94-59)49(83)43(77)33(96-61)23-90-57-51(85)45(79)39(73)29(19-68)92-57)25-15-16-64(6)34-12-10-26-27(66(34,8)35(71)17-65(25,64)7)11-14-36(62(26,2)3)97-60-54(99-58-52(86)46(80)40(74)30(20-69)93-58)48(82)42(76)32(95-60)22-89-56-50(84)44(78)38(72)28(18-67)91-56/h10,24-25,27-61,67-88H,9,11-23H2,1-8H3/t24?,25?,27?,28?,29?,30?,31?,32?,33?,34?,35?,36?,37?,38?,39?,40?,41?,42?,43?,44?,45?,46?,47?,48?,49?,50?,51?,52?,53?,54?,55?,56?,57?,58?,59?,60?,61?,64-,65+,66-/m0/s1. The summed E-state index contributed by atoms with van der Waals surface area (Å²) in [5.41, 5.74) is -3.02. The van der Waals surface area contributed by atoms with E-state index in [-0.39, 0.29) is 35.5 Å². The Morgan fingerprint density at radius 1 is 0.460 bits per heavy atom. The highest BCUT2D eigenvalue weighted by atomic mass is 16.8. The van der Waals surface area contributed by atoms with E-state index >= 15 is 0 Å². The number of hydrogen-bond donors (Lipinski definition) is 22. The van der Waals surface area contributed by atoms with E-state index in [0.29, 0.717) is 32.1 Å². The molecule has 40 atom stereocenters. The summed E-state index contributed by atoms with van der Waals surface area (Å²) in [4.78, 5) is 0. The molecule has 0 aromatic carbocycles. The van der Waals surface area contributed by atoms with Crippen LogP contribution in [0.2, 0.25) is 0 Å². The SMILES string of the molecule is CC(CCC(OC1OC(COC2OC(CO)C(O)C(O)C2O)C(O)C(O)C1OC1OC(CO)C(O)C(O)C1O)C(C)(C)O)C1CC[C@@]2(C)C3CC=C4C(CCC(OC5OC(COC6OC(CO)C(O)C(O)C6O)C(O)C(O)C5OC5OC(CO)C(O)C(O)C5O)C4(C)C)[C@]3(C)C(O)C[C@]12C. The van der Waals surface area contributed by atoms with Gasteiger partial charge in [-0.2, -0.15) is 0 Å². The topological polar surface area (TPSA) is 556 Å². The Kier molecular flexibility index (Phi) is 25.5. The molecule has 6 saturated heterocycles. The van der Waals surface area contributed by atoms with Gasteiger partial charge in [0, 0.05) is 10.8 Å². The van der Waals surface area contributed by atoms with Crippen LogP contribution >= 0.6 is 0 Å². The molecule has 6 aliphatic heterocycles. The molecule has 10 aliphatic rings. The zero-order valence-electron chi connectivity index (χ0n) is 57.6. The Bertz CT molecular complexity index is 2670. The summed E-state index contributed by atoms with van der Waals surface area (Å²) in [6, 6.07) is 0. The fraction of sp³-hybridized carbons (Fsp3) is 0.970. The molecule has 4 aliphatic carbocycles. The highest BCUT2D eigenvalue weighted by Crippen LogP contribution is 2.75. The van der Waals surface area contributed by atoms with Crippen molar-refractivity contribution in [2.45, 2.75) is 315 Å². The highest BCUT2D eigenvalue weighted by molar-refractivity contribution is 5.32. The lowest BCUT2D eigenvalue weighted by Crippen LogP contribution is -2.66. The predicted octanol–water partition coefficient (Wildman–Crippen LogP) is -7.58. The van der Waals surface area contributed by atoms with Crippen LogP contribution in [0.5, 0.6) is 0 Å². The minimum Gasteiger partial charge on any atom is -0.394 e. The largest absolute Gasteiger partial charge is 0.394 e. The summed E-state index contributed by atoms with van der Waals surface area (Å²) < 4.78 is 72.0. The summed E-state index contributed by atoms with van der Waals surface area (Å²) in [6.45, 7) is 11.3. The van der Waals surface area contributed by atoms with Crippen LogP contribution in [0.4, 0.5) is 0 Å². The third kappa shape index (κ3) is 14.8. The number of hydrogen-bond acceptors (Lipinski definition) is 34. The molecule has 9 fully saturated rings. The van der Waals surface area contributed by atoms with Crippen LogP contribution in [0.25, 0.3) is 0 Å². The summed E-state index contributed by atoms with van der Waals surface area (Å²) in [7, 11) is 0. The van der Waals surface area contributed by atoms with Crippen LogP contribution < -0.4 is 0 Å². The van der Waals surface area contributed by atoms with E-state index in [9.17, 15) is 112 Å². The van der Waals surface area contributed by atoms with E-state index in [2.05, 4.69) is 33.8 Å². The monoisotopic (exact) mass is 1450 g/mol. The van der Waals surface area contributed by atoms with Gasteiger partial charge in [0.1, 0.15) is 146 Å². The van der Waals surface area contributed by atoms with Crippen LogP contribution in [0.1, 0.15) is 107 Å². The molecule has 0 amide bonds. The lowest BCUT2D eigenvalue weighted by atomic mass is 9.38. The second-order valence-corrected chi connectivity index (χ2v) is 31.5. The smallest absolute Gasteiger partial charge is 0.187 e. The highest BCUT2D eigenvalue weighted by Gasteiger charge is 2.71. The minimum absolute atomic E-state index is 0.00756. The van der Waals surface area contributed by atoms with Gasteiger partial charge in [-0.05, 0) is 99.7 Å². The molecule has 10 rings (SSSR count). The Balaban J connectivity index is 0.853. The van der Waals surface area contributed by atoms with Crippen LogP contribution in [0, 0.1) is 45.3 Å². The Morgan fingerprint density at radius 2 is 0.860 bits per heavy atom. The summed E-state index contributed by atoms with van der Waals surface area (Å²) in [5.74, 6) is -0.322. The van der Waals surface area contributed by atoms with Crippen LogP contribution in [0.15, 0.2) is 11.6 Å². The first-order valence-electron chi connectivity index (χ1n) is 35.1. The maximum Gasteiger partial charge on any atom is 0.187 e. The van der Waals surface area contributed by atoms with E-state index in [1.165, 1.54) is 13.8 Å². The van der Waals surface area contributed by atoms with Crippen molar-refractivity contribution in [2.24, 2.45) is 45.3 Å². The fourth-order valence-corrected chi connectivity index (χ4v) is 18.5. The molecule has 580 valence electrons. The van der Waals surface area contributed by atoms with Crippen molar-refractivity contribution in [2.75, 3.05) is 39.6 Å². The van der Waals surface area contributed by atoms with Gasteiger partial charge in [-0.3, -0.25) is 0 Å². The summed E-state index contributed by atoms with van der Waals surface area (Å²) >= 11 is 0. The van der Waals surface area contributed by atoms with Crippen molar-refractivity contribution in [3.05, 3.63) is 11.6 Å².